The molecule has 0 atom stereocenters. The van der Waals surface area contributed by atoms with Crippen LogP contribution in [-0.4, -0.2) is 33.2 Å². The van der Waals surface area contributed by atoms with Crippen LogP contribution in [0.1, 0.15) is 0 Å². The van der Waals surface area contributed by atoms with Crippen LogP contribution in [0.3, 0.4) is 0 Å². The SMILES string of the molecule is CN(C)c1cc(-c2nccc3ccccc23)cc(N(C)C)c1. The van der Waals surface area contributed by atoms with Crippen molar-refractivity contribution >= 4 is 22.1 Å². The van der Waals surface area contributed by atoms with Crippen molar-refractivity contribution in [2.75, 3.05) is 38.0 Å². The topological polar surface area (TPSA) is 19.4 Å². The van der Waals surface area contributed by atoms with E-state index in [1.165, 1.54) is 22.1 Å². The molecule has 0 fully saturated rings. The van der Waals surface area contributed by atoms with Crippen molar-refractivity contribution < 1.29 is 0 Å². The van der Waals surface area contributed by atoms with Crippen LogP contribution < -0.4 is 9.80 Å². The molecule has 0 spiro atoms. The summed E-state index contributed by atoms with van der Waals surface area (Å²) in [6.45, 7) is 0. The van der Waals surface area contributed by atoms with Crippen LogP contribution in [0, 0.1) is 0 Å². The molecule has 0 aliphatic carbocycles. The zero-order valence-corrected chi connectivity index (χ0v) is 13.5. The second kappa shape index (κ2) is 5.68. The van der Waals surface area contributed by atoms with Crippen LogP contribution >= 0.6 is 0 Å². The molecule has 3 aromatic rings. The fraction of sp³-hybridized carbons (Fsp3) is 0.211. The molecule has 1 aromatic heterocycles. The third kappa shape index (κ3) is 2.62. The lowest BCUT2D eigenvalue weighted by Crippen LogP contribution is -2.12. The average molecular weight is 291 g/mol. The first-order valence-electron chi connectivity index (χ1n) is 7.40. The van der Waals surface area contributed by atoms with E-state index in [0.29, 0.717) is 0 Å². The van der Waals surface area contributed by atoms with Crippen LogP contribution in [0.25, 0.3) is 22.0 Å². The summed E-state index contributed by atoms with van der Waals surface area (Å²) in [4.78, 5) is 8.89. The number of pyridine rings is 1. The van der Waals surface area contributed by atoms with Gasteiger partial charge in [-0.2, -0.15) is 0 Å². The Kier molecular flexibility index (Phi) is 3.72. The van der Waals surface area contributed by atoms with E-state index in [1.54, 1.807) is 0 Å². The molecule has 1 heterocycles. The number of fused-ring (bicyclic) bond motifs is 1. The molecule has 3 nitrogen and oxygen atoms in total. The normalized spacial score (nSPS) is 10.7. The van der Waals surface area contributed by atoms with Crippen molar-refractivity contribution in [3.05, 3.63) is 54.7 Å². The molecular weight excluding hydrogens is 270 g/mol. The maximum Gasteiger partial charge on any atom is 0.0781 e. The Morgan fingerprint density at radius 2 is 1.41 bits per heavy atom. The molecule has 2 aromatic carbocycles. The molecule has 0 aliphatic rings. The van der Waals surface area contributed by atoms with Gasteiger partial charge in [0.2, 0.25) is 0 Å². The minimum atomic E-state index is 1.03. The zero-order valence-electron chi connectivity index (χ0n) is 13.5. The number of nitrogens with zero attached hydrogens (tertiary/aromatic N) is 3. The summed E-state index contributed by atoms with van der Waals surface area (Å²) in [5.74, 6) is 0. The quantitative estimate of drug-likeness (QED) is 0.726. The van der Waals surface area contributed by atoms with E-state index >= 15 is 0 Å². The van der Waals surface area contributed by atoms with E-state index in [0.717, 1.165) is 11.3 Å². The van der Waals surface area contributed by atoms with Gasteiger partial charge in [-0.15, -0.1) is 0 Å². The average Bonchev–Trinajstić information content (AvgIpc) is 2.53. The van der Waals surface area contributed by atoms with Gasteiger partial charge in [-0.05, 0) is 29.7 Å². The summed E-state index contributed by atoms with van der Waals surface area (Å²) in [5.41, 5.74) is 4.53. The van der Waals surface area contributed by atoms with Crippen molar-refractivity contribution in [1.29, 1.82) is 0 Å². The number of anilines is 2. The molecule has 112 valence electrons. The predicted molar refractivity (Wildman–Crippen MR) is 95.8 cm³/mol. The largest absolute Gasteiger partial charge is 0.378 e. The molecule has 0 radical (unpaired) electrons. The van der Waals surface area contributed by atoms with E-state index in [2.05, 4.69) is 91.5 Å². The molecule has 0 amide bonds. The molecule has 0 N–H and O–H groups in total. The smallest absolute Gasteiger partial charge is 0.0781 e. The van der Waals surface area contributed by atoms with Gasteiger partial charge in [0.25, 0.3) is 0 Å². The van der Waals surface area contributed by atoms with Gasteiger partial charge in [0.15, 0.2) is 0 Å². The highest BCUT2D eigenvalue weighted by atomic mass is 15.1. The number of aromatic nitrogens is 1. The Morgan fingerprint density at radius 1 is 0.773 bits per heavy atom. The lowest BCUT2D eigenvalue weighted by Gasteiger charge is -2.20. The van der Waals surface area contributed by atoms with Crippen molar-refractivity contribution in [2.45, 2.75) is 0 Å². The second-order valence-electron chi connectivity index (χ2n) is 5.91. The fourth-order valence-electron chi connectivity index (χ4n) is 2.60. The number of rotatable bonds is 3. The molecule has 0 saturated heterocycles. The van der Waals surface area contributed by atoms with Crippen molar-refractivity contribution in [2.24, 2.45) is 0 Å². The molecule has 0 bridgehead atoms. The number of hydrogen-bond donors (Lipinski definition) is 0. The van der Waals surface area contributed by atoms with Crippen molar-refractivity contribution in [3.63, 3.8) is 0 Å². The van der Waals surface area contributed by atoms with Gasteiger partial charge in [-0.3, -0.25) is 4.98 Å². The lowest BCUT2D eigenvalue weighted by molar-refractivity contribution is 1.10. The van der Waals surface area contributed by atoms with E-state index in [9.17, 15) is 0 Å². The van der Waals surface area contributed by atoms with E-state index in [1.807, 2.05) is 6.20 Å². The molecule has 22 heavy (non-hydrogen) atoms. The van der Waals surface area contributed by atoms with Gasteiger partial charge < -0.3 is 9.80 Å². The Morgan fingerprint density at radius 3 is 2.05 bits per heavy atom. The third-order valence-corrected chi connectivity index (χ3v) is 3.88. The van der Waals surface area contributed by atoms with Gasteiger partial charge >= 0.3 is 0 Å². The lowest BCUT2D eigenvalue weighted by atomic mass is 10.0. The van der Waals surface area contributed by atoms with Crippen LogP contribution in [0.5, 0.6) is 0 Å². The molecular formula is C19H21N3. The van der Waals surface area contributed by atoms with Crippen LogP contribution in [0.2, 0.25) is 0 Å². The predicted octanol–water partition coefficient (Wildman–Crippen LogP) is 4.03. The summed E-state index contributed by atoms with van der Waals surface area (Å²) in [7, 11) is 8.26. The Labute approximate surface area is 131 Å². The summed E-state index contributed by atoms with van der Waals surface area (Å²) < 4.78 is 0. The van der Waals surface area contributed by atoms with Gasteiger partial charge in [0.05, 0.1) is 5.69 Å². The molecule has 0 unspecified atom stereocenters. The van der Waals surface area contributed by atoms with E-state index in [4.69, 9.17) is 0 Å². The third-order valence-electron chi connectivity index (χ3n) is 3.88. The Balaban J connectivity index is 2.26. The minimum Gasteiger partial charge on any atom is -0.378 e. The summed E-state index contributed by atoms with van der Waals surface area (Å²) in [6.07, 6.45) is 1.88. The number of hydrogen-bond acceptors (Lipinski definition) is 3. The standard InChI is InChI=1S/C19H21N3/c1-21(2)16-11-15(12-17(13-16)22(3)4)19-18-8-6-5-7-14(18)9-10-20-19/h5-13H,1-4H3. The maximum atomic E-state index is 4.64. The van der Waals surface area contributed by atoms with Crippen molar-refractivity contribution in [1.82, 2.24) is 4.98 Å². The van der Waals surface area contributed by atoms with Gasteiger partial charge in [0, 0.05) is 56.7 Å². The fourth-order valence-corrected chi connectivity index (χ4v) is 2.60. The van der Waals surface area contributed by atoms with Gasteiger partial charge in [-0.1, -0.05) is 24.3 Å². The Hall–Kier alpha value is -2.55. The first kappa shape index (κ1) is 14.4. The first-order valence-corrected chi connectivity index (χ1v) is 7.40. The number of benzene rings is 2. The van der Waals surface area contributed by atoms with Gasteiger partial charge in [0.1, 0.15) is 0 Å². The highest BCUT2D eigenvalue weighted by molar-refractivity contribution is 5.95. The minimum absolute atomic E-state index is 1.03. The highest BCUT2D eigenvalue weighted by Gasteiger charge is 2.10. The van der Waals surface area contributed by atoms with Crippen LogP contribution in [0.15, 0.2) is 54.7 Å². The molecule has 3 heteroatoms. The second-order valence-corrected chi connectivity index (χ2v) is 5.91. The zero-order chi connectivity index (χ0) is 15.7. The molecule has 3 rings (SSSR count). The van der Waals surface area contributed by atoms with E-state index in [-0.39, 0.29) is 0 Å². The summed E-state index contributed by atoms with van der Waals surface area (Å²) >= 11 is 0. The van der Waals surface area contributed by atoms with E-state index < -0.39 is 0 Å². The Bertz CT molecular complexity index is 775. The summed E-state index contributed by atoms with van der Waals surface area (Å²) in [5, 5.41) is 2.40. The van der Waals surface area contributed by atoms with Crippen molar-refractivity contribution in [3.8, 4) is 11.3 Å². The molecule has 0 aliphatic heterocycles. The molecule has 0 saturated carbocycles. The maximum absolute atomic E-state index is 4.64. The monoisotopic (exact) mass is 291 g/mol. The van der Waals surface area contributed by atoms with Gasteiger partial charge in [-0.25, -0.2) is 0 Å². The highest BCUT2D eigenvalue weighted by Crippen LogP contribution is 2.32. The van der Waals surface area contributed by atoms with Crippen LogP contribution in [0.4, 0.5) is 11.4 Å². The first-order chi connectivity index (χ1) is 10.6. The van der Waals surface area contributed by atoms with Crippen LogP contribution in [-0.2, 0) is 0 Å². The summed E-state index contributed by atoms with van der Waals surface area (Å²) in [6, 6.07) is 17.0.